The van der Waals surface area contributed by atoms with Crippen molar-refractivity contribution < 1.29 is 18.8 Å². The number of carbonyl (C=O) groups excluding carboxylic acids is 3. The summed E-state index contributed by atoms with van der Waals surface area (Å²) in [6.45, 7) is 2.43. The summed E-state index contributed by atoms with van der Waals surface area (Å²) in [7, 11) is 0. The number of anilines is 2. The van der Waals surface area contributed by atoms with E-state index in [4.69, 9.17) is 5.73 Å². The van der Waals surface area contributed by atoms with Crippen molar-refractivity contribution in [2.24, 2.45) is 23.5 Å². The summed E-state index contributed by atoms with van der Waals surface area (Å²) in [5.74, 6) is 0.614. The van der Waals surface area contributed by atoms with Crippen molar-refractivity contribution in [2.45, 2.75) is 77.0 Å². The molecule has 2 saturated carbocycles. The van der Waals surface area contributed by atoms with Crippen molar-refractivity contribution in [1.82, 2.24) is 9.97 Å². The molecule has 5 N–H and O–H groups in total. The summed E-state index contributed by atoms with van der Waals surface area (Å²) in [4.78, 5) is 47.1. The number of benzene rings is 3. The molecule has 2 aliphatic carbocycles. The number of hydrogen-bond donors (Lipinski definition) is 4. The van der Waals surface area contributed by atoms with Gasteiger partial charge < -0.3 is 21.4 Å². The van der Waals surface area contributed by atoms with Gasteiger partial charge >= 0.3 is 0 Å². The van der Waals surface area contributed by atoms with Crippen LogP contribution in [0.15, 0.2) is 48.5 Å². The standard InChI is InChI=1S/C38H42FN5O3/c1-21-30(19-32-36(35(21)39)44-37(43-32)26-3-2-4-26)24-9-5-22(6-10-24)15-28(16-33(45)25-11-7-23(20-40)8-12-25)38(47)41-29-14-13-27-17-34(46)42-31(27)18-29/h5-6,9-10,13-14,18-19,23,25-26,28H,2-4,7-8,11-12,15-17,20,40H2,1H3,(H,41,47)(H,42,46)(H,43,44)/t23?,25?,28-/m1/s1. The number of aromatic amines is 1. The molecule has 0 bridgehead atoms. The number of amides is 2. The van der Waals surface area contributed by atoms with Gasteiger partial charge in [0.25, 0.3) is 0 Å². The maximum absolute atomic E-state index is 15.5. The molecule has 0 spiro atoms. The number of hydrogen-bond acceptors (Lipinski definition) is 5. The van der Waals surface area contributed by atoms with Crippen LogP contribution in [0.1, 0.15) is 79.8 Å². The minimum absolute atomic E-state index is 0.0502. The van der Waals surface area contributed by atoms with Crippen molar-refractivity contribution in [1.29, 1.82) is 0 Å². The Morgan fingerprint density at radius 3 is 2.51 bits per heavy atom. The first-order chi connectivity index (χ1) is 22.7. The first-order valence-corrected chi connectivity index (χ1v) is 17.0. The number of nitrogens with one attached hydrogen (secondary N) is 3. The summed E-state index contributed by atoms with van der Waals surface area (Å²) in [6.07, 6.45) is 7.72. The number of H-pyrrole nitrogens is 1. The van der Waals surface area contributed by atoms with Gasteiger partial charge in [-0.2, -0.15) is 0 Å². The van der Waals surface area contributed by atoms with Crippen molar-refractivity contribution in [3.8, 4) is 11.1 Å². The quantitative estimate of drug-likeness (QED) is 0.150. The average Bonchev–Trinajstić information content (AvgIpc) is 3.64. The van der Waals surface area contributed by atoms with E-state index in [9.17, 15) is 14.4 Å². The van der Waals surface area contributed by atoms with E-state index in [0.717, 1.165) is 66.6 Å². The first-order valence-electron chi connectivity index (χ1n) is 17.0. The molecule has 3 aliphatic rings. The Morgan fingerprint density at radius 1 is 1.04 bits per heavy atom. The first kappa shape index (κ1) is 31.2. The Bertz CT molecular complexity index is 1840. The highest BCUT2D eigenvalue weighted by Gasteiger charge is 2.30. The molecule has 9 heteroatoms. The van der Waals surface area contributed by atoms with Gasteiger partial charge in [0.2, 0.25) is 11.8 Å². The highest BCUT2D eigenvalue weighted by molar-refractivity contribution is 6.01. The molecule has 7 rings (SSSR count). The fourth-order valence-electron chi connectivity index (χ4n) is 7.43. The number of imidazole rings is 1. The van der Waals surface area contributed by atoms with Crippen LogP contribution in [0, 0.1) is 30.5 Å². The number of nitrogens with two attached hydrogens (primary N) is 1. The van der Waals surface area contributed by atoms with Crippen LogP contribution in [-0.4, -0.2) is 34.1 Å². The number of carbonyl (C=O) groups is 3. The Morgan fingerprint density at radius 2 is 1.81 bits per heavy atom. The SMILES string of the molecule is Cc1c(-c2ccc(C[C@H](CC(=O)C3CCC(CN)CC3)C(=O)Nc3ccc4c(c3)NC(=O)C4)cc2)cc2[nH]c(C3CCC3)nc2c1F. The molecule has 0 unspecified atom stereocenters. The lowest BCUT2D eigenvalue weighted by molar-refractivity contribution is -0.129. The van der Waals surface area contributed by atoms with Gasteiger partial charge in [-0.1, -0.05) is 36.8 Å². The maximum atomic E-state index is 15.5. The fraction of sp³-hybridized carbons (Fsp3) is 0.421. The largest absolute Gasteiger partial charge is 0.342 e. The lowest BCUT2D eigenvalue weighted by Gasteiger charge is -2.27. The highest BCUT2D eigenvalue weighted by atomic mass is 19.1. The summed E-state index contributed by atoms with van der Waals surface area (Å²) >= 11 is 0. The smallest absolute Gasteiger partial charge is 0.228 e. The van der Waals surface area contributed by atoms with Crippen LogP contribution in [0.5, 0.6) is 0 Å². The van der Waals surface area contributed by atoms with Gasteiger partial charge in [0.05, 0.1) is 11.9 Å². The molecule has 47 heavy (non-hydrogen) atoms. The zero-order chi connectivity index (χ0) is 32.7. The van der Waals surface area contributed by atoms with Crippen LogP contribution in [0.25, 0.3) is 22.2 Å². The molecular formula is C38H42FN5O3. The number of Topliss-reactive ketones (excluding diaryl/α,β-unsaturated/α-hetero) is 1. The van der Waals surface area contributed by atoms with Crippen LogP contribution in [-0.2, 0) is 27.2 Å². The van der Waals surface area contributed by atoms with Crippen molar-refractivity contribution >= 4 is 40.0 Å². The average molecular weight is 636 g/mol. The second-order valence-electron chi connectivity index (χ2n) is 13.8. The summed E-state index contributed by atoms with van der Waals surface area (Å²) < 4.78 is 15.5. The predicted octanol–water partition coefficient (Wildman–Crippen LogP) is 6.96. The molecule has 2 heterocycles. The third kappa shape index (κ3) is 6.46. The molecule has 0 radical (unpaired) electrons. The van der Waals surface area contributed by atoms with E-state index in [0.29, 0.717) is 59.2 Å². The molecule has 1 atom stereocenters. The Kier molecular flexibility index (Phi) is 8.66. The third-order valence-corrected chi connectivity index (χ3v) is 10.7. The number of fused-ring (bicyclic) bond motifs is 2. The van der Waals surface area contributed by atoms with Crippen LogP contribution in [0.4, 0.5) is 15.8 Å². The van der Waals surface area contributed by atoms with E-state index >= 15 is 4.39 Å². The van der Waals surface area contributed by atoms with Crippen LogP contribution in [0.3, 0.4) is 0 Å². The minimum Gasteiger partial charge on any atom is -0.342 e. The van der Waals surface area contributed by atoms with Crippen molar-refractivity contribution in [2.75, 3.05) is 17.2 Å². The molecule has 2 fully saturated rings. The second kappa shape index (κ2) is 13.0. The minimum atomic E-state index is -0.575. The van der Waals surface area contributed by atoms with E-state index in [1.54, 1.807) is 19.1 Å². The van der Waals surface area contributed by atoms with Crippen molar-refractivity contribution in [3.63, 3.8) is 0 Å². The molecule has 8 nitrogen and oxygen atoms in total. The van der Waals surface area contributed by atoms with E-state index in [1.807, 2.05) is 36.4 Å². The van der Waals surface area contributed by atoms with Gasteiger partial charge in [-0.05, 0) is 110 Å². The third-order valence-electron chi connectivity index (χ3n) is 10.7. The van der Waals surface area contributed by atoms with E-state index in [2.05, 4.69) is 20.6 Å². The molecule has 1 aromatic heterocycles. The molecular weight excluding hydrogens is 593 g/mol. The number of nitrogens with zero attached hydrogens (tertiary/aromatic N) is 1. The van der Waals surface area contributed by atoms with Gasteiger partial charge in [0.15, 0.2) is 5.82 Å². The molecule has 1 aliphatic heterocycles. The molecule has 3 aromatic carbocycles. The predicted molar refractivity (Wildman–Crippen MR) is 182 cm³/mol. The zero-order valence-corrected chi connectivity index (χ0v) is 26.8. The lowest BCUT2D eigenvalue weighted by Crippen LogP contribution is -2.31. The van der Waals surface area contributed by atoms with Gasteiger partial charge in [0.1, 0.15) is 17.1 Å². The Labute approximate surface area is 274 Å². The summed E-state index contributed by atoms with van der Waals surface area (Å²) in [6, 6.07) is 15.2. The zero-order valence-electron chi connectivity index (χ0n) is 26.8. The maximum Gasteiger partial charge on any atom is 0.228 e. The van der Waals surface area contributed by atoms with Gasteiger partial charge in [0, 0.05) is 35.5 Å². The van der Waals surface area contributed by atoms with Crippen LogP contribution in [0.2, 0.25) is 0 Å². The van der Waals surface area contributed by atoms with E-state index < -0.39 is 5.92 Å². The number of ketones is 1. The fourth-order valence-corrected chi connectivity index (χ4v) is 7.43. The van der Waals surface area contributed by atoms with Gasteiger partial charge in [-0.25, -0.2) is 9.37 Å². The molecule has 2 amide bonds. The monoisotopic (exact) mass is 635 g/mol. The van der Waals surface area contributed by atoms with Crippen LogP contribution < -0.4 is 16.4 Å². The van der Waals surface area contributed by atoms with Gasteiger partial charge in [-0.15, -0.1) is 0 Å². The summed E-state index contributed by atoms with van der Waals surface area (Å²) in [5.41, 5.74) is 12.3. The summed E-state index contributed by atoms with van der Waals surface area (Å²) in [5, 5.41) is 5.84. The number of aromatic nitrogens is 2. The molecule has 244 valence electrons. The van der Waals surface area contributed by atoms with Crippen molar-refractivity contribution in [3.05, 3.63) is 76.9 Å². The highest BCUT2D eigenvalue weighted by Crippen LogP contribution is 2.38. The Hall–Kier alpha value is -4.37. The second-order valence-corrected chi connectivity index (χ2v) is 13.8. The molecule has 4 aromatic rings. The van der Waals surface area contributed by atoms with Crippen LogP contribution >= 0.6 is 0 Å². The van der Waals surface area contributed by atoms with Gasteiger partial charge in [-0.3, -0.25) is 14.4 Å². The number of rotatable bonds is 10. The van der Waals surface area contributed by atoms with E-state index in [1.165, 1.54) is 6.42 Å². The molecule has 0 saturated heterocycles. The lowest BCUT2D eigenvalue weighted by atomic mass is 9.77. The van der Waals surface area contributed by atoms with E-state index in [-0.39, 0.29) is 35.8 Å². The topological polar surface area (TPSA) is 130 Å². The Balaban J connectivity index is 1.10. The number of halogens is 1. The normalized spacial score (nSPS) is 20.0.